The second-order valence-corrected chi connectivity index (χ2v) is 7.03. The average Bonchev–Trinajstić information content (AvgIpc) is 3.15. The summed E-state index contributed by atoms with van der Waals surface area (Å²) < 4.78 is 4.43. The van der Waals surface area contributed by atoms with Crippen molar-refractivity contribution in [2.75, 3.05) is 0 Å². The normalized spacial score (nSPS) is 11.0. The third-order valence-electron chi connectivity index (χ3n) is 5.25. The van der Waals surface area contributed by atoms with E-state index in [0.717, 1.165) is 0 Å². The number of hydrogen-bond acceptors (Lipinski definition) is 0. The summed E-state index contributed by atoms with van der Waals surface area (Å²) in [6.07, 6.45) is 6.49. The lowest BCUT2D eigenvalue weighted by atomic mass is 9.89. The van der Waals surface area contributed by atoms with Gasteiger partial charge in [-0.2, -0.15) is 0 Å². The number of hydrogen-bond donors (Lipinski definition) is 0. The minimum atomic E-state index is 1.18. The predicted molar refractivity (Wildman–Crippen MR) is 115 cm³/mol. The summed E-state index contributed by atoms with van der Waals surface area (Å²) in [7, 11) is 2.11. The van der Waals surface area contributed by atoms with E-state index in [-0.39, 0.29) is 0 Å². The summed E-state index contributed by atoms with van der Waals surface area (Å²) in [5.41, 5.74) is 8.60. The fourth-order valence-corrected chi connectivity index (χ4v) is 3.97. The summed E-state index contributed by atoms with van der Waals surface area (Å²) in [4.78, 5) is 0. The molecular formula is C26H21N2+. The van der Waals surface area contributed by atoms with Gasteiger partial charge < -0.3 is 0 Å². The van der Waals surface area contributed by atoms with Crippen LogP contribution in [0.3, 0.4) is 0 Å². The van der Waals surface area contributed by atoms with Crippen LogP contribution < -0.4 is 4.57 Å². The van der Waals surface area contributed by atoms with Gasteiger partial charge >= 0.3 is 0 Å². The first-order valence-corrected chi connectivity index (χ1v) is 9.52. The Kier molecular flexibility index (Phi) is 4.02. The molecule has 2 aromatic heterocycles. The number of imidazole rings is 1. The Morgan fingerprint density at radius 1 is 0.607 bits per heavy atom. The molecule has 0 amide bonds. The van der Waals surface area contributed by atoms with Gasteiger partial charge in [0, 0.05) is 11.1 Å². The molecule has 0 spiro atoms. The van der Waals surface area contributed by atoms with E-state index >= 15 is 0 Å². The Morgan fingerprint density at radius 3 is 1.68 bits per heavy atom. The van der Waals surface area contributed by atoms with Crippen molar-refractivity contribution in [3.8, 4) is 33.4 Å². The molecule has 0 radical (unpaired) electrons. The molecule has 0 saturated carbocycles. The number of nitrogens with zero attached hydrogens (tertiary/aromatic N) is 2. The topological polar surface area (TPSA) is 8.29 Å². The second kappa shape index (κ2) is 6.82. The molecule has 5 rings (SSSR count). The zero-order valence-electron chi connectivity index (χ0n) is 15.8. The predicted octanol–water partition coefficient (Wildman–Crippen LogP) is 5.76. The lowest BCUT2D eigenvalue weighted by Gasteiger charge is -2.15. The number of benzene rings is 3. The highest BCUT2D eigenvalue weighted by Crippen LogP contribution is 2.41. The van der Waals surface area contributed by atoms with Crippen LogP contribution in [-0.4, -0.2) is 4.40 Å². The molecule has 0 aliphatic rings. The quantitative estimate of drug-likeness (QED) is 0.361. The molecule has 0 fully saturated rings. The molecule has 28 heavy (non-hydrogen) atoms. The van der Waals surface area contributed by atoms with E-state index in [9.17, 15) is 0 Å². The van der Waals surface area contributed by atoms with Crippen LogP contribution in [0.5, 0.6) is 0 Å². The number of aryl methyl sites for hydroxylation is 1. The van der Waals surface area contributed by atoms with Crippen molar-refractivity contribution >= 4 is 5.65 Å². The van der Waals surface area contributed by atoms with Gasteiger partial charge in [0.05, 0.1) is 12.6 Å². The molecule has 0 saturated heterocycles. The summed E-state index contributed by atoms with van der Waals surface area (Å²) in [6.45, 7) is 0. The van der Waals surface area contributed by atoms with Gasteiger partial charge in [0.25, 0.3) is 5.65 Å². The molecule has 134 valence electrons. The molecule has 0 aliphatic heterocycles. The van der Waals surface area contributed by atoms with Crippen molar-refractivity contribution in [2.45, 2.75) is 0 Å². The zero-order chi connectivity index (χ0) is 18.9. The van der Waals surface area contributed by atoms with E-state index in [2.05, 4.69) is 126 Å². The van der Waals surface area contributed by atoms with Crippen molar-refractivity contribution < 1.29 is 4.57 Å². The smallest absolute Gasteiger partial charge is 0.232 e. The third kappa shape index (κ3) is 2.71. The van der Waals surface area contributed by atoms with Gasteiger partial charge in [0.1, 0.15) is 18.6 Å². The van der Waals surface area contributed by atoms with Gasteiger partial charge in [-0.25, -0.2) is 8.97 Å². The fraction of sp³-hybridized carbons (Fsp3) is 0.0385. The van der Waals surface area contributed by atoms with Crippen LogP contribution in [0.4, 0.5) is 0 Å². The van der Waals surface area contributed by atoms with Crippen LogP contribution in [0.1, 0.15) is 0 Å². The van der Waals surface area contributed by atoms with E-state index in [1.807, 2.05) is 0 Å². The van der Waals surface area contributed by atoms with E-state index in [4.69, 9.17) is 0 Å². The molecule has 5 aromatic rings. The Morgan fingerprint density at radius 2 is 1.11 bits per heavy atom. The van der Waals surface area contributed by atoms with E-state index in [1.54, 1.807) is 0 Å². The van der Waals surface area contributed by atoms with Gasteiger partial charge in [-0.3, -0.25) is 0 Å². The number of fused-ring (bicyclic) bond motifs is 1. The van der Waals surface area contributed by atoms with E-state index in [0.29, 0.717) is 0 Å². The Balaban J connectivity index is 1.98. The van der Waals surface area contributed by atoms with Crippen LogP contribution in [-0.2, 0) is 7.05 Å². The van der Waals surface area contributed by atoms with Gasteiger partial charge in [0.15, 0.2) is 0 Å². The summed E-state index contributed by atoms with van der Waals surface area (Å²) in [5, 5.41) is 0. The average molecular weight is 361 g/mol. The molecule has 0 N–H and O–H groups in total. The monoisotopic (exact) mass is 361 g/mol. The minimum absolute atomic E-state index is 1.18. The van der Waals surface area contributed by atoms with Crippen molar-refractivity contribution in [3.63, 3.8) is 0 Å². The zero-order valence-corrected chi connectivity index (χ0v) is 15.8. The van der Waals surface area contributed by atoms with Crippen LogP contribution >= 0.6 is 0 Å². The maximum absolute atomic E-state index is 2.25. The van der Waals surface area contributed by atoms with Crippen LogP contribution in [0.2, 0.25) is 0 Å². The highest BCUT2D eigenvalue weighted by Gasteiger charge is 2.24. The standard InChI is InChI=1S/C26H21N2/c1-27-17-18-28-19-23(20-11-5-2-6-12-20)24(21-13-7-3-8-14-21)25(26(27)28)22-15-9-4-10-16-22/h2-19H,1H3/q+1. The number of pyridine rings is 1. The van der Waals surface area contributed by atoms with Crippen molar-refractivity contribution in [3.05, 3.63) is 110 Å². The first-order valence-electron chi connectivity index (χ1n) is 9.52. The molecule has 2 heterocycles. The molecule has 0 aliphatic carbocycles. The first kappa shape index (κ1) is 16.5. The Hall–Kier alpha value is -3.65. The third-order valence-corrected chi connectivity index (χ3v) is 5.25. The lowest BCUT2D eigenvalue weighted by Crippen LogP contribution is -2.26. The van der Waals surface area contributed by atoms with Gasteiger partial charge in [0.2, 0.25) is 0 Å². The molecule has 3 aromatic carbocycles. The summed E-state index contributed by atoms with van der Waals surface area (Å²) in [6, 6.07) is 32.0. The van der Waals surface area contributed by atoms with Crippen molar-refractivity contribution in [1.29, 1.82) is 0 Å². The molecule has 2 nitrogen and oxygen atoms in total. The highest BCUT2D eigenvalue weighted by atomic mass is 15.1. The van der Waals surface area contributed by atoms with E-state index in [1.165, 1.54) is 39.0 Å². The maximum atomic E-state index is 2.25. The van der Waals surface area contributed by atoms with Crippen LogP contribution in [0.15, 0.2) is 110 Å². The molecule has 0 unspecified atom stereocenters. The summed E-state index contributed by atoms with van der Waals surface area (Å²) in [5.74, 6) is 0. The van der Waals surface area contributed by atoms with Crippen LogP contribution in [0, 0.1) is 0 Å². The molecular weight excluding hydrogens is 340 g/mol. The highest BCUT2D eigenvalue weighted by molar-refractivity contribution is 5.99. The van der Waals surface area contributed by atoms with Crippen molar-refractivity contribution in [1.82, 2.24) is 4.40 Å². The van der Waals surface area contributed by atoms with E-state index < -0.39 is 0 Å². The van der Waals surface area contributed by atoms with Gasteiger partial charge in [-0.15, -0.1) is 0 Å². The largest absolute Gasteiger partial charge is 0.294 e. The first-order chi connectivity index (χ1) is 13.8. The number of rotatable bonds is 3. The Labute approximate surface area is 165 Å². The fourth-order valence-electron chi connectivity index (χ4n) is 3.97. The van der Waals surface area contributed by atoms with Gasteiger partial charge in [-0.05, 0) is 16.7 Å². The molecule has 2 heteroatoms. The number of aromatic nitrogens is 2. The van der Waals surface area contributed by atoms with Gasteiger partial charge in [-0.1, -0.05) is 91.0 Å². The molecule has 0 atom stereocenters. The second-order valence-electron chi connectivity index (χ2n) is 7.03. The Bertz CT molecular complexity index is 1240. The lowest BCUT2D eigenvalue weighted by molar-refractivity contribution is -0.644. The SMILES string of the molecule is C[n+]1ccn2cc(-c3ccccc3)c(-c3ccccc3)c(-c3ccccc3)c21. The maximum Gasteiger partial charge on any atom is 0.294 e. The summed E-state index contributed by atoms with van der Waals surface area (Å²) >= 11 is 0. The van der Waals surface area contributed by atoms with Crippen LogP contribution in [0.25, 0.3) is 39.0 Å². The van der Waals surface area contributed by atoms with Crippen molar-refractivity contribution in [2.24, 2.45) is 7.05 Å². The molecule has 0 bridgehead atoms. The minimum Gasteiger partial charge on any atom is -0.232 e.